The predicted octanol–water partition coefficient (Wildman–Crippen LogP) is 4.51. The van der Waals surface area contributed by atoms with E-state index in [2.05, 4.69) is 21.0 Å². The molecule has 32 heavy (non-hydrogen) atoms. The molecule has 4 rings (SSSR count). The molecule has 0 bridgehead atoms. The minimum atomic E-state index is -0.359. The molecule has 0 aliphatic rings. The molecule has 0 atom stereocenters. The number of hydrogen-bond donors (Lipinski definition) is 2. The fourth-order valence-corrected chi connectivity index (χ4v) is 4.33. The average molecular weight is 484 g/mol. The van der Waals surface area contributed by atoms with Gasteiger partial charge < -0.3 is 0 Å². The lowest BCUT2D eigenvalue weighted by molar-refractivity contribution is -0.119. The monoisotopic (exact) mass is 483 g/mol. The van der Waals surface area contributed by atoms with Gasteiger partial charge >= 0.3 is 0 Å². The van der Waals surface area contributed by atoms with Crippen LogP contribution in [0, 0.1) is 6.92 Å². The van der Waals surface area contributed by atoms with E-state index in [1.165, 1.54) is 23.1 Å². The van der Waals surface area contributed by atoms with Gasteiger partial charge in [0.25, 0.3) is 5.91 Å². The molecular formula is C22H18ClN5O2S2. The summed E-state index contributed by atoms with van der Waals surface area (Å²) in [6.45, 7) is 2.02. The Bertz CT molecular complexity index is 1220. The molecule has 0 aliphatic heterocycles. The maximum Gasteiger partial charge on any atom is 0.279 e. The summed E-state index contributed by atoms with van der Waals surface area (Å²) in [4.78, 5) is 24.8. The van der Waals surface area contributed by atoms with E-state index in [-0.39, 0.29) is 17.6 Å². The molecule has 0 radical (unpaired) electrons. The SMILES string of the molecule is Cc1ccc(-c2nnc(SCC(=O)NNC(=O)c3cccs3)n2-c2ccc(Cl)cc2)cc1. The Morgan fingerprint density at radius 1 is 1.03 bits per heavy atom. The van der Waals surface area contributed by atoms with Gasteiger partial charge in [0.05, 0.1) is 10.6 Å². The molecule has 0 saturated carbocycles. The standard InChI is InChI=1S/C22H18ClN5O2S2/c1-14-4-6-15(7-5-14)20-25-27-22(28(20)17-10-8-16(23)9-11-17)32-13-19(29)24-26-21(30)18-3-2-12-31-18/h2-12H,13H2,1H3,(H,24,29)(H,26,30). The second-order valence-corrected chi connectivity index (χ2v) is 9.08. The topological polar surface area (TPSA) is 88.9 Å². The number of hydrogen-bond acceptors (Lipinski definition) is 6. The Balaban J connectivity index is 1.51. The third kappa shape index (κ3) is 5.18. The first-order valence-electron chi connectivity index (χ1n) is 9.55. The van der Waals surface area contributed by atoms with Gasteiger partial charge in [-0.3, -0.25) is 25.0 Å². The summed E-state index contributed by atoms with van der Waals surface area (Å²) < 4.78 is 1.88. The van der Waals surface area contributed by atoms with Gasteiger partial charge in [-0.25, -0.2) is 0 Å². The van der Waals surface area contributed by atoms with Gasteiger partial charge in [-0.05, 0) is 42.6 Å². The number of carbonyl (C=O) groups excluding carboxylic acids is 2. The fourth-order valence-electron chi connectivity index (χ4n) is 2.84. The molecule has 2 N–H and O–H groups in total. The Kier molecular flexibility index (Phi) is 6.89. The molecule has 10 heteroatoms. The highest BCUT2D eigenvalue weighted by atomic mass is 35.5. The number of halogens is 1. The summed E-state index contributed by atoms with van der Waals surface area (Å²) in [5.74, 6) is -0.0160. The van der Waals surface area contributed by atoms with E-state index in [9.17, 15) is 9.59 Å². The van der Waals surface area contributed by atoms with E-state index in [1.54, 1.807) is 29.6 Å². The van der Waals surface area contributed by atoms with Crippen LogP contribution in [0.3, 0.4) is 0 Å². The van der Waals surface area contributed by atoms with Gasteiger partial charge in [-0.2, -0.15) is 0 Å². The molecule has 0 spiro atoms. The molecule has 2 aromatic heterocycles. The van der Waals surface area contributed by atoms with E-state index < -0.39 is 0 Å². The fraction of sp³-hybridized carbons (Fsp3) is 0.0909. The molecule has 0 unspecified atom stereocenters. The number of nitrogens with one attached hydrogen (secondary N) is 2. The highest BCUT2D eigenvalue weighted by Gasteiger charge is 2.18. The number of aromatic nitrogens is 3. The highest BCUT2D eigenvalue weighted by molar-refractivity contribution is 7.99. The zero-order chi connectivity index (χ0) is 22.5. The summed E-state index contributed by atoms with van der Waals surface area (Å²) in [6, 6.07) is 18.7. The van der Waals surface area contributed by atoms with Crippen molar-refractivity contribution in [3.8, 4) is 17.1 Å². The van der Waals surface area contributed by atoms with Gasteiger partial charge in [-0.1, -0.05) is 59.3 Å². The first kappa shape index (κ1) is 22.1. The van der Waals surface area contributed by atoms with Crippen molar-refractivity contribution in [2.45, 2.75) is 12.1 Å². The second-order valence-electron chi connectivity index (χ2n) is 6.75. The first-order chi connectivity index (χ1) is 15.5. The maximum atomic E-state index is 12.3. The van der Waals surface area contributed by atoms with Crippen LogP contribution >= 0.6 is 34.7 Å². The maximum absolute atomic E-state index is 12.3. The molecule has 7 nitrogen and oxygen atoms in total. The van der Waals surface area contributed by atoms with Gasteiger partial charge in [0.2, 0.25) is 5.91 Å². The molecule has 162 valence electrons. The van der Waals surface area contributed by atoms with E-state index >= 15 is 0 Å². The van der Waals surface area contributed by atoms with E-state index in [1.807, 2.05) is 47.9 Å². The van der Waals surface area contributed by atoms with E-state index in [0.29, 0.717) is 20.9 Å². The van der Waals surface area contributed by atoms with Crippen LogP contribution in [0.15, 0.2) is 71.2 Å². The zero-order valence-corrected chi connectivity index (χ0v) is 19.3. The lowest BCUT2D eigenvalue weighted by Crippen LogP contribution is -2.42. The Labute approximate surface area is 197 Å². The summed E-state index contributed by atoms with van der Waals surface area (Å²) in [5.41, 5.74) is 7.70. The molecule has 4 aromatic rings. The summed E-state index contributed by atoms with van der Waals surface area (Å²) in [7, 11) is 0. The van der Waals surface area contributed by atoms with Gasteiger partial charge in [-0.15, -0.1) is 21.5 Å². The molecule has 2 aromatic carbocycles. The predicted molar refractivity (Wildman–Crippen MR) is 127 cm³/mol. The van der Waals surface area contributed by atoms with Gasteiger partial charge in [0.1, 0.15) is 0 Å². The number of thioether (sulfide) groups is 1. The number of nitrogens with zero attached hydrogens (tertiary/aromatic N) is 3. The Morgan fingerprint density at radius 3 is 2.47 bits per heavy atom. The molecule has 0 fully saturated rings. The summed E-state index contributed by atoms with van der Waals surface area (Å²) >= 11 is 8.57. The Morgan fingerprint density at radius 2 is 1.78 bits per heavy atom. The van der Waals surface area contributed by atoms with Crippen LogP contribution in [-0.2, 0) is 4.79 Å². The van der Waals surface area contributed by atoms with Gasteiger partial charge in [0, 0.05) is 16.3 Å². The number of amides is 2. The quantitative estimate of drug-likeness (QED) is 0.311. The number of carbonyl (C=O) groups is 2. The first-order valence-corrected chi connectivity index (χ1v) is 11.8. The summed E-state index contributed by atoms with van der Waals surface area (Å²) in [5, 5.41) is 11.6. The van der Waals surface area contributed by atoms with Crippen LogP contribution in [0.25, 0.3) is 17.1 Å². The third-order valence-electron chi connectivity index (χ3n) is 4.42. The lowest BCUT2D eigenvalue weighted by atomic mass is 10.1. The zero-order valence-electron chi connectivity index (χ0n) is 16.9. The van der Waals surface area contributed by atoms with Gasteiger partial charge in [0.15, 0.2) is 11.0 Å². The molecular weight excluding hydrogens is 466 g/mol. The number of hydrazine groups is 1. The van der Waals surface area contributed by atoms with Crippen LogP contribution in [0.2, 0.25) is 5.02 Å². The van der Waals surface area contributed by atoms with Crippen LogP contribution in [0.1, 0.15) is 15.2 Å². The van der Waals surface area contributed by atoms with E-state index in [4.69, 9.17) is 11.6 Å². The average Bonchev–Trinajstić information content (AvgIpc) is 3.48. The van der Waals surface area contributed by atoms with E-state index in [0.717, 1.165) is 16.8 Å². The van der Waals surface area contributed by atoms with Crippen molar-refractivity contribution in [2.75, 3.05) is 5.75 Å². The third-order valence-corrected chi connectivity index (χ3v) is 6.47. The highest BCUT2D eigenvalue weighted by Crippen LogP contribution is 2.28. The van der Waals surface area contributed by atoms with Crippen molar-refractivity contribution in [2.24, 2.45) is 0 Å². The van der Waals surface area contributed by atoms with Crippen LogP contribution in [0.4, 0.5) is 0 Å². The number of thiophene rings is 1. The van der Waals surface area contributed by atoms with Crippen LogP contribution in [-0.4, -0.2) is 32.3 Å². The molecule has 2 amide bonds. The van der Waals surface area contributed by atoms with Crippen molar-refractivity contribution in [1.29, 1.82) is 0 Å². The minimum absolute atomic E-state index is 0.0460. The largest absolute Gasteiger partial charge is 0.279 e. The minimum Gasteiger partial charge on any atom is -0.272 e. The second kappa shape index (κ2) is 9.99. The summed E-state index contributed by atoms with van der Waals surface area (Å²) in [6.07, 6.45) is 0. The number of rotatable bonds is 6. The molecule has 0 saturated heterocycles. The van der Waals surface area contributed by atoms with Crippen molar-refractivity contribution in [3.05, 3.63) is 81.5 Å². The smallest absolute Gasteiger partial charge is 0.272 e. The van der Waals surface area contributed by atoms with Crippen molar-refractivity contribution in [1.82, 2.24) is 25.6 Å². The number of benzene rings is 2. The van der Waals surface area contributed by atoms with Crippen molar-refractivity contribution in [3.63, 3.8) is 0 Å². The lowest BCUT2D eigenvalue weighted by Gasteiger charge is -2.11. The van der Waals surface area contributed by atoms with Crippen molar-refractivity contribution >= 4 is 46.5 Å². The Hall–Kier alpha value is -3.14. The van der Waals surface area contributed by atoms with Crippen molar-refractivity contribution < 1.29 is 9.59 Å². The normalized spacial score (nSPS) is 10.7. The van der Waals surface area contributed by atoms with Crippen LogP contribution in [0.5, 0.6) is 0 Å². The molecule has 2 heterocycles. The molecule has 0 aliphatic carbocycles. The van der Waals surface area contributed by atoms with Crippen LogP contribution < -0.4 is 10.9 Å². The number of aryl methyl sites for hydroxylation is 1.